The van der Waals surface area contributed by atoms with E-state index >= 15 is 0 Å². The fourth-order valence-electron chi connectivity index (χ4n) is 0.882. The lowest BCUT2D eigenvalue weighted by Gasteiger charge is -2.15. The third-order valence-corrected chi connectivity index (χ3v) is 1.82. The van der Waals surface area contributed by atoms with Crippen LogP contribution in [0.2, 0.25) is 0 Å². The summed E-state index contributed by atoms with van der Waals surface area (Å²) in [7, 11) is 1.49. The van der Waals surface area contributed by atoms with Crippen LogP contribution in [0, 0.1) is 12.3 Å². The molecule has 0 saturated heterocycles. The number of nitrogens with one attached hydrogen (secondary N) is 1. The van der Waals surface area contributed by atoms with E-state index in [1.807, 2.05) is 6.92 Å². The van der Waals surface area contributed by atoms with Gasteiger partial charge in [-0.1, -0.05) is 19.3 Å². The smallest absolute Gasteiger partial charge is 0.249 e. The van der Waals surface area contributed by atoms with Crippen molar-refractivity contribution in [2.24, 2.45) is 0 Å². The number of terminal acetylenes is 1. The first kappa shape index (κ1) is 12.0. The van der Waals surface area contributed by atoms with E-state index in [1.54, 1.807) is 6.92 Å². The van der Waals surface area contributed by atoms with Gasteiger partial charge in [0.05, 0.1) is 6.04 Å². The van der Waals surface area contributed by atoms with Crippen molar-refractivity contribution >= 4 is 5.91 Å². The van der Waals surface area contributed by atoms with Crippen LogP contribution in [-0.4, -0.2) is 25.2 Å². The summed E-state index contributed by atoms with van der Waals surface area (Å²) in [6, 6.07) is -0.171. The van der Waals surface area contributed by atoms with E-state index in [9.17, 15) is 4.79 Å². The molecule has 0 saturated carbocycles. The molecule has 2 atom stereocenters. The third kappa shape index (κ3) is 4.54. The molecule has 0 fully saturated rings. The highest BCUT2D eigenvalue weighted by Gasteiger charge is 2.14. The highest BCUT2D eigenvalue weighted by molar-refractivity contribution is 5.80. The number of methoxy groups -OCH3 is 1. The van der Waals surface area contributed by atoms with E-state index in [1.165, 1.54) is 7.11 Å². The van der Waals surface area contributed by atoms with Gasteiger partial charge in [-0.05, 0) is 13.3 Å². The Bertz CT molecular complexity index is 196. The molecule has 0 aromatic rings. The summed E-state index contributed by atoms with van der Waals surface area (Å²) < 4.78 is 4.85. The molecule has 0 radical (unpaired) electrons. The van der Waals surface area contributed by atoms with Crippen molar-refractivity contribution in [3.63, 3.8) is 0 Å². The highest BCUT2D eigenvalue weighted by atomic mass is 16.5. The molecule has 0 rings (SSSR count). The molecule has 0 bridgehead atoms. The van der Waals surface area contributed by atoms with Gasteiger partial charge in [-0.15, -0.1) is 6.42 Å². The zero-order valence-electron chi connectivity index (χ0n) is 8.46. The summed E-state index contributed by atoms with van der Waals surface area (Å²) in [6.07, 6.45) is 6.56. The van der Waals surface area contributed by atoms with Gasteiger partial charge in [0.25, 0.3) is 0 Å². The monoisotopic (exact) mass is 183 g/mol. The molecule has 0 aliphatic carbocycles. The molecule has 1 amide bonds. The second-order valence-corrected chi connectivity index (χ2v) is 2.89. The van der Waals surface area contributed by atoms with Gasteiger partial charge in [0.1, 0.15) is 6.10 Å². The van der Waals surface area contributed by atoms with Crippen LogP contribution < -0.4 is 5.32 Å². The van der Waals surface area contributed by atoms with Crippen LogP contribution in [0.15, 0.2) is 0 Å². The predicted molar refractivity (Wildman–Crippen MR) is 52.1 cm³/mol. The molecule has 0 aliphatic rings. The van der Waals surface area contributed by atoms with E-state index in [-0.39, 0.29) is 11.9 Å². The van der Waals surface area contributed by atoms with Crippen molar-refractivity contribution in [3.05, 3.63) is 0 Å². The zero-order chi connectivity index (χ0) is 10.3. The van der Waals surface area contributed by atoms with Crippen molar-refractivity contribution in [1.82, 2.24) is 5.32 Å². The van der Waals surface area contributed by atoms with Gasteiger partial charge < -0.3 is 10.1 Å². The van der Waals surface area contributed by atoms with Gasteiger partial charge >= 0.3 is 0 Å². The number of hydrogen-bond acceptors (Lipinski definition) is 2. The molecular weight excluding hydrogens is 166 g/mol. The maximum atomic E-state index is 11.3. The van der Waals surface area contributed by atoms with E-state index in [0.717, 1.165) is 12.8 Å². The number of carbonyl (C=O) groups is 1. The Morgan fingerprint density at radius 3 is 2.69 bits per heavy atom. The summed E-state index contributed by atoms with van der Waals surface area (Å²) >= 11 is 0. The molecule has 0 aliphatic heterocycles. The Balaban J connectivity index is 3.95. The minimum atomic E-state index is -0.437. The fraction of sp³-hybridized carbons (Fsp3) is 0.700. The highest BCUT2D eigenvalue weighted by Crippen LogP contribution is 1.96. The zero-order valence-corrected chi connectivity index (χ0v) is 8.46. The summed E-state index contributed by atoms with van der Waals surface area (Å²) in [5.41, 5.74) is 0. The lowest BCUT2D eigenvalue weighted by atomic mass is 10.2. The molecule has 1 N–H and O–H groups in total. The van der Waals surface area contributed by atoms with Crippen molar-refractivity contribution < 1.29 is 9.53 Å². The quantitative estimate of drug-likeness (QED) is 0.644. The molecule has 13 heavy (non-hydrogen) atoms. The number of carbonyl (C=O) groups excluding carboxylic acids is 1. The molecule has 0 heterocycles. The van der Waals surface area contributed by atoms with Gasteiger partial charge in [0, 0.05) is 7.11 Å². The van der Waals surface area contributed by atoms with Crippen molar-refractivity contribution in [2.75, 3.05) is 7.11 Å². The van der Waals surface area contributed by atoms with Crippen LogP contribution >= 0.6 is 0 Å². The molecule has 0 aromatic heterocycles. The molecule has 3 heteroatoms. The summed E-state index contributed by atoms with van der Waals surface area (Å²) in [5.74, 6) is 2.37. The largest absolute Gasteiger partial charge is 0.372 e. The minimum absolute atomic E-state index is 0.154. The van der Waals surface area contributed by atoms with E-state index in [0.29, 0.717) is 0 Å². The van der Waals surface area contributed by atoms with Gasteiger partial charge in [-0.25, -0.2) is 0 Å². The minimum Gasteiger partial charge on any atom is -0.372 e. The van der Waals surface area contributed by atoms with Crippen LogP contribution in [0.25, 0.3) is 0 Å². The van der Waals surface area contributed by atoms with Crippen LogP contribution in [0.3, 0.4) is 0 Å². The summed E-state index contributed by atoms with van der Waals surface area (Å²) in [4.78, 5) is 11.3. The Kier molecular flexibility index (Phi) is 5.99. The van der Waals surface area contributed by atoms with Gasteiger partial charge in [0.2, 0.25) is 5.91 Å². The Labute approximate surface area is 79.8 Å². The van der Waals surface area contributed by atoms with Gasteiger partial charge in [0.15, 0.2) is 0 Å². The Hall–Kier alpha value is -1.01. The van der Waals surface area contributed by atoms with E-state index in [2.05, 4.69) is 11.2 Å². The molecule has 2 unspecified atom stereocenters. The van der Waals surface area contributed by atoms with Crippen LogP contribution in [0.1, 0.15) is 26.7 Å². The molecule has 74 valence electrons. The second kappa shape index (κ2) is 6.50. The normalized spacial score (nSPS) is 14.3. The van der Waals surface area contributed by atoms with Crippen LogP contribution in [0.5, 0.6) is 0 Å². The lowest BCUT2D eigenvalue weighted by Crippen LogP contribution is -2.40. The van der Waals surface area contributed by atoms with E-state index < -0.39 is 6.10 Å². The lowest BCUT2D eigenvalue weighted by molar-refractivity contribution is -0.130. The Morgan fingerprint density at radius 2 is 2.31 bits per heavy atom. The average Bonchev–Trinajstić information content (AvgIpc) is 2.15. The first-order valence-corrected chi connectivity index (χ1v) is 4.45. The summed E-state index contributed by atoms with van der Waals surface area (Å²) in [5, 5.41) is 2.72. The van der Waals surface area contributed by atoms with Crippen molar-refractivity contribution in [1.29, 1.82) is 0 Å². The van der Waals surface area contributed by atoms with Crippen LogP contribution in [-0.2, 0) is 9.53 Å². The van der Waals surface area contributed by atoms with Gasteiger partial charge in [-0.3, -0.25) is 4.79 Å². The molecule has 0 aromatic carbocycles. The number of ether oxygens (including phenoxy) is 1. The summed E-state index contributed by atoms with van der Waals surface area (Å²) in [6.45, 7) is 3.71. The van der Waals surface area contributed by atoms with Gasteiger partial charge in [-0.2, -0.15) is 0 Å². The third-order valence-electron chi connectivity index (χ3n) is 1.82. The SMILES string of the molecule is C#CC(CCC)NC(=O)C(C)OC. The van der Waals surface area contributed by atoms with Crippen molar-refractivity contribution in [3.8, 4) is 12.3 Å². The van der Waals surface area contributed by atoms with Crippen LogP contribution in [0.4, 0.5) is 0 Å². The molecular formula is C10H17NO2. The first-order valence-electron chi connectivity index (χ1n) is 4.45. The number of rotatable bonds is 5. The second-order valence-electron chi connectivity index (χ2n) is 2.89. The average molecular weight is 183 g/mol. The standard InChI is InChI=1S/C10H17NO2/c1-5-7-9(6-2)11-10(12)8(3)13-4/h2,8-9H,5,7H2,1,3-4H3,(H,11,12). The predicted octanol–water partition coefficient (Wildman–Crippen LogP) is 0.939. The number of amides is 1. The molecule has 0 spiro atoms. The Morgan fingerprint density at radius 1 is 1.69 bits per heavy atom. The molecule has 3 nitrogen and oxygen atoms in total. The maximum Gasteiger partial charge on any atom is 0.249 e. The maximum absolute atomic E-state index is 11.3. The fourth-order valence-corrected chi connectivity index (χ4v) is 0.882. The first-order chi connectivity index (χ1) is 6.15. The van der Waals surface area contributed by atoms with Crippen molar-refractivity contribution in [2.45, 2.75) is 38.8 Å². The topological polar surface area (TPSA) is 38.3 Å². The van der Waals surface area contributed by atoms with E-state index in [4.69, 9.17) is 11.2 Å². The number of hydrogen-bond donors (Lipinski definition) is 1.